The summed E-state index contributed by atoms with van der Waals surface area (Å²) in [5.74, 6) is 0.524. The Labute approximate surface area is 146 Å². The molecule has 0 fully saturated rings. The molecule has 0 radical (unpaired) electrons. The van der Waals surface area contributed by atoms with Crippen molar-refractivity contribution in [1.82, 2.24) is 5.43 Å². The van der Waals surface area contributed by atoms with Crippen LogP contribution in [0.3, 0.4) is 0 Å². The van der Waals surface area contributed by atoms with Gasteiger partial charge in [0, 0.05) is 5.56 Å². The number of benzene rings is 3. The molecule has 25 heavy (non-hydrogen) atoms. The first-order valence-electron chi connectivity index (χ1n) is 7.93. The molecular weight excluding hydrogens is 312 g/mol. The zero-order valence-corrected chi connectivity index (χ0v) is 13.7. The normalized spacial score (nSPS) is 10.7. The fraction of sp³-hybridized carbons (Fsp3) is 0.0476. The molecule has 3 rings (SSSR count). The van der Waals surface area contributed by atoms with Gasteiger partial charge in [0.25, 0.3) is 5.91 Å². The minimum Gasteiger partial charge on any atom is -0.490 e. The monoisotopic (exact) mass is 330 g/mol. The summed E-state index contributed by atoms with van der Waals surface area (Å²) < 4.78 is 5.42. The van der Waals surface area contributed by atoms with Gasteiger partial charge in [-0.15, -0.1) is 0 Å². The molecule has 0 unspecified atom stereocenters. The Morgan fingerprint density at radius 2 is 1.80 bits per heavy atom. The minimum absolute atomic E-state index is 0.237. The molecule has 3 aromatic carbocycles. The number of nitrogens with one attached hydrogen (secondary N) is 1. The molecule has 0 heterocycles. The summed E-state index contributed by atoms with van der Waals surface area (Å²) in [4.78, 5) is 12.4. The van der Waals surface area contributed by atoms with Crippen molar-refractivity contribution in [2.75, 3.05) is 6.61 Å². The molecule has 0 saturated carbocycles. The van der Waals surface area contributed by atoms with Crippen molar-refractivity contribution in [3.8, 4) is 5.75 Å². The van der Waals surface area contributed by atoms with Crippen LogP contribution in [0.1, 0.15) is 15.9 Å². The Morgan fingerprint density at radius 3 is 2.60 bits per heavy atom. The summed E-state index contributed by atoms with van der Waals surface area (Å²) >= 11 is 0. The molecular formula is C21H18N2O2. The lowest BCUT2D eigenvalue weighted by atomic mass is 10.0. The number of ether oxygens (including phenoxy) is 1. The largest absolute Gasteiger partial charge is 0.490 e. The zero-order chi connectivity index (χ0) is 17.5. The van der Waals surface area contributed by atoms with E-state index in [0.717, 1.165) is 22.1 Å². The standard InChI is InChI=1S/C21H18N2O2/c1-2-14-25-18-12-10-16(11-13-18)15-22-23-21(24)20-9-5-7-17-6-3-4-8-19(17)20/h2-13,15H,1,14H2,(H,23,24). The molecule has 4 heteroatoms. The third kappa shape index (κ3) is 4.12. The van der Waals surface area contributed by atoms with Crippen molar-refractivity contribution in [3.63, 3.8) is 0 Å². The summed E-state index contributed by atoms with van der Waals surface area (Å²) in [5.41, 5.74) is 4.04. The first kappa shape index (κ1) is 16.5. The molecule has 0 aliphatic heterocycles. The van der Waals surface area contributed by atoms with Crippen LogP contribution in [0.2, 0.25) is 0 Å². The van der Waals surface area contributed by atoms with Crippen LogP contribution in [-0.2, 0) is 0 Å². The van der Waals surface area contributed by atoms with E-state index in [1.165, 1.54) is 0 Å². The first-order chi connectivity index (χ1) is 12.3. The number of carbonyl (C=O) groups excluding carboxylic acids is 1. The summed E-state index contributed by atoms with van der Waals surface area (Å²) in [5, 5.41) is 5.96. The summed E-state index contributed by atoms with van der Waals surface area (Å²) in [6.07, 6.45) is 3.29. The van der Waals surface area contributed by atoms with E-state index in [2.05, 4.69) is 17.1 Å². The SMILES string of the molecule is C=CCOc1ccc(C=NNC(=O)c2cccc3ccccc23)cc1. The van der Waals surface area contributed by atoms with E-state index in [1.54, 1.807) is 18.4 Å². The van der Waals surface area contributed by atoms with E-state index in [0.29, 0.717) is 12.2 Å². The molecule has 3 aromatic rings. The number of carbonyl (C=O) groups is 1. The van der Waals surface area contributed by atoms with E-state index in [9.17, 15) is 4.79 Å². The summed E-state index contributed by atoms with van der Waals surface area (Å²) in [6, 6.07) is 20.8. The molecule has 1 amide bonds. The highest BCUT2D eigenvalue weighted by Gasteiger charge is 2.08. The Balaban J connectivity index is 1.67. The second-order valence-electron chi connectivity index (χ2n) is 5.39. The van der Waals surface area contributed by atoms with Gasteiger partial charge in [0.15, 0.2) is 0 Å². The number of hydrogen-bond acceptors (Lipinski definition) is 3. The molecule has 0 saturated heterocycles. The maximum Gasteiger partial charge on any atom is 0.271 e. The molecule has 0 aliphatic carbocycles. The second-order valence-corrected chi connectivity index (χ2v) is 5.39. The molecule has 0 spiro atoms. The molecule has 1 N–H and O–H groups in total. The van der Waals surface area contributed by atoms with Crippen LogP contribution >= 0.6 is 0 Å². The van der Waals surface area contributed by atoms with Crippen LogP contribution in [0.25, 0.3) is 10.8 Å². The van der Waals surface area contributed by atoms with Gasteiger partial charge in [0.1, 0.15) is 12.4 Å². The van der Waals surface area contributed by atoms with Crippen LogP contribution in [0.4, 0.5) is 0 Å². The average Bonchev–Trinajstić information content (AvgIpc) is 2.67. The van der Waals surface area contributed by atoms with Crippen LogP contribution in [-0.4, -0.2) is 18.7 Å². The van der Waals surface area contributed by atoms with Crippen molar-refractivity contribution in [2.45, 2.75) is 0 Å². The minimum atomic E-state index is -0.237. The van der Waals surface area contributed by atoms with Crippen LogP contribution in [0, 0.1) is 0 Å². The maximum atomic E-state index is 12.4. The Kier molecular flexibility index (Phi) is 5.22. The van der Waals surface area contributed by atoms with E-state index >= 15 is 0 Å². The Hall–Kier alpha value is -3.40. The fourth-order valence-electron chi connectivity index (χ4n) is 2.45. The van der Waals surface area contributed by atoms with Gasteiger partial charge in [0.05, 0.1) is 6.21 Å². The highest BCUT2D eigenvalue weighted by Crippen LogP contribution is 2.18. The molecule has 4 nitrogen and oxygen atoms in total. The predicted molar refractivity (Wildman–Crippen MR) is 101 cm³/mol. The second kappa shape index (κ2) is 7.93. The molecule has 0 bridgehead atoms. The molecule has 0 aromatic heterocycles. The first-order valence-corrected chi connectivity index (χ1v) is 7.93. The number of amides is 1. The van der Waals surface area contributed by atoms with Gasteiger partial charge in [-0.05, 0) is 46.7 Å². The third-order valence-corrected chi connectivity index (χ3v) is 3.66. The van der Waals surface area contributed by atoms with Crippen molar-refractivity contribution >= 4 is 22.9 Å². The van der Waals surface area contributed by atoms with Gasteiger partial charge in [-0.2, -0.15) is 5.10 Å². The molecule has 124 valence electrons. The molecule has 0 aliphatic rings. The van der Waals surface area contributed by atoms with Gasteiger partial charge in [0.2, 0.25) is 0 Å². The lowest BCUT2D eigenvalue weighted by Gasteiger charge is -2.05. The summed E-state index contributed by atoms with van der Waals surface area (Å²) in [6.45, 7) is 4.07. The lowest BCUT2D eigenvalue weighted by Crippen LogP contribution is -2.17. The van der Waals surface area contributed by atoms with Crippen molar-refractivity contribution in [2.24, 2.45) is 5.10 Å². The van der Waals surface area contributed by atoms with Gasteiger partial charge < -0.3 is 4.74 Å². The smallest absolute Gasteiger partial charge is 0.271 e. The summed E-state index contributed by atoms with van der Waals surface area (Å²) in [7, 11) is 0. The van der Waals surface area contributed by atoms with Gasteiger partial charge in [-0.25, -0.2) is 5.43 Å². The number of hydrazone groups is 1. The predicted octanol–water partition coefficient (Wildman–Crippen LogP) is 4.17. The number of nitrogens with zero attached hydrogens (tertiary/aromatic N) is 1. The Bertz CT molecular complexity index is 909. The van der Waals surface area contributed by atoms with E-state index in [-0.39, 0.29) is 5.91 Å². The number of hydrogen-bond donors (Lipinski definition) is 1. The van der Waals surface area contributed by atoms with Gasteiger partial charge in [-0.1, -0.05) is 49.1 Å². The quantitative estimate of drug-likeness (QED) is 0.419. The van der Waals surface area contributed by atoms with Crippen molar-refractivity contribution < 1.29 is 9.53 Å². The van der Waals surface area contributed by atoms with Gasteiger partial charge >= 0.3 is 0 Å². The van der Waals surface area contributed by atoms with Gasteiger partial charge in [-0.3, -0.25) is 4.79 Å². The van der Waals surface area contributed by atoms with E-state index < -0.39 is 0 Å². The Morgan fingerprint density at radius 1 is 1.04 bits per heavy atom. The van der Waals surface area contributed by atoms with Crippen molar-refractivity contribution in [3.05, 3.63) is 90.5 Å². The van der Waals surface area contributed by atoms with Crippen LogP contribution in [0.15, 0.2) is 84.5 Å². The molecule has 0 atom stereocenters. The highest BCUT2D eigenvalue weighted by molar-refractivity contribution is 6.07. The van der Waals surface area contributed by atoms with Crippen LogP contribution in [0.5, 0.6) is 5.75 Å². The van der Waals surface area contributed by atoms with E-state index in [4.69, 9.17) is 4.74 Å². The fourth-order valence-corrected chi connectivity index (χ4v) is 2.45. The van der Waals surface area contributed by atoms with E-state index in [1.807, 2.05) is 60.7 Å². The maximum absolute atomic E-state index is 12.4. The van der Waals surface area contributed by atoms with Crippen LogP contribution < -0.4 is 10.2 Å². The number of rotatable bonds is 6. The lowest BCUT2D eigenvalue weighted by molar-refractivity contribution is 0.0957. The highest BCUT2D eigenvalue weighted by atomic mass is 16.5. The third-order valence-electron chi connectivity index (χ3n) is 3.66. The average molecular weight is 330 g/mol. The number of fused-ring (bicyclic) bond motifs is 1. The topological polar surface area (TPSA) is 50.7 Å². The zero-order valence-electron chi connectivity index (χ0n) is 13.7. The van der Waals surface area contributed by atoms with Crippen molar-refractivity contribution in [1.29, 1.82) is 0 Å².